The molecule has 6 heteroatoms. The predicted molar refractivity (Wildman–Crippen MR) is 105 cm³/mol. The van der Waals surface area contributed by atoms with Gasteiger partial charge in [-0.3, -0.25) is 5.01 Å². The van der Waals surface area contributed by atoms with E-state index in [1.165, 1.54) is 0 Å². The first-order valence-corrected chi connectivity index (χ1v) is 9.01. The third kappa shape index (κ3) is 4.25. The summed E-state index contributed by atoms with van der Waals surface area (Å²) in [5.74, 6) is 1.74. The molecule has 132 valence electrons. The molecule has 0 radical (unpaired) electrons. The molecule has 3 rings (SSSR count). The molecule has 0 N–H and O–H groups in total. The van der Waals surface area contributed by atoms with E-state index in [1.807, 2.05) is 42.6 Å². The van der Waals surface area contributed by atoms with Crippen LogP contribution in [0.2, 0.25) is 0 Å². The zero-order chi connectivity index (χ0) is 17.6. The predicted octanol–water partition coefficient (Wildman–Crippen LogP) is 3.62. The highest BCUT2D eigenvalue weighted by atomic mass is 79.9. The smallest absolute Gasteiger partial charge is 0.142 e. The summed E-state index contributed by atoms with van der Waals surface area (Å²) in [6, 6.07) is 14.1. The number of methoxy groups -OCH3 is 2. The molecule has 5 nitrogen and oxygen atoms in total. The van der Waals surface area contributed by atoms with Crippen molar-refractivity contribution in [1.29, 1.82) is 0 Å². The Morgan fingerprint density at radius 1 is 0.960 bits per heavy atom. The van der Waals surface area contributed by atoms with Crippen molar-refractivity contribution in [2.45, 2.75) is 0 Å². The van der Waals surface area contributed by atoms with Crippen molar-refractivity contribution < 1.29 is 9.47 Å². The molecule has 1 saturated heterocycles. The first-order valence-electron chi connectivity index (χ1n) is 8.21. The Hall–Kier alpha value is -2.21. The van der Waals surface area contributed by atoms with Crippen LogP contribution >= 0.6 is 15.9 Å². The Balaban J connectivity index is 1.60. The van der Waals surface area contributed by atoms with E-state index in [-0.39, 0.29) is 0 Å². The van der Waals surface area contributed by atoms with E-state index >= 15 is 0 Å². The summed E-state index contributed by atoms with van der Waals surface area (Å²) in [6.45, 7) is 3.60. The lowest BCUT2D eigenvalue weighted by Crippen LogP contribution is -2.44. The molecule has 1 fully saturated rings. The maximum Gasteiger partial charge on any atom is 0.142 e. The number of halogens is 1. The van der Waals surface area contributed by atoms with Crippen LogP contribution in [-0.2, 0) is 0 Å². The van der Waals surface area contributed by atoms with E-state index in [9.17, 15) is 0 Å². The first kappa shape index (κ1) is 17.6. The number of piperazine rings is 1. The molecule has 0 atom stereocenters. The van der Waals surface area contributed by atoms with Crippen LogP contribution in [0.3, 0.4) is 0 Å². The number of anilines is 1. The third-order valence-electron chi connectivity index (χ3n) is 4.23. The average molecular weight is 404 g/mol. The largest absolute Gasteiger partial charge is 0.496 e. The summed E-state index contributed by atoms with van der Waals surface area (Å²) in [5.41, 5.74) is 2.19. The number of ether oxygens (including phenoxy) is 2. The van der Waals surface area contributed by atoms with E-state index in [0.717, 1.165) is 53.4 Å². The zero-order valence-electron chi connectivity index (χ0n) is 14.5. The van der Waals surface area contributed by atoms with E-state index in [1.54, 1.807) is 14.2 Å². The van der Waals surface area contributed by atoms with Crippen LogP contribution in [0.15, 0.2) is 52.0 Å². The number of benzene rings is 2. The van der Waals surface area contributed by atoms with Crippen molar-refractivity contribution in [3.05, 3.63) is 52.5 Å². The molecule has 25 heavy (non-hydrogen) atoms. The highest BCUT2D eigenvalue weighted by Crippen LogP contribution is 2.28. The normalized spacial score (nSPS) is 14.8. The minimum absolute atomic E-state index is 0.822. The number of nitrogens with zero attached hydrogens (tertiary/aromatic N) is 3. The SMILES string of the molecule is COc1ccc(/C=N/N2CCN(c3ccccc3OC)CC2)cc1Br. The van der Waals surface area contributed by atoms with Crippen LogP contribution < -0.4 is 14.4 Å². The molecule has 0 aromatic heterocycles. The van der Waals surface area contributed by atoms with E-state index in [0.29, 0.717) is 0 Å². The molecule has 0 saturated carbocycles. The van der Waals surface area contributed by atoms with Crippen molar-refractivity contribution >= 4 is 27.8 Å². The molecule has 0 bridgehead atoms. The minimum atomic E-state index is 0.822. The van der Waals surface area contributed by atoms with Gasteiger partial charge >= 0.3 is 0 Å². The van der Waals surface area contributed by atoms with Gasteiger partial charge in [0, 0.05) is 13.1 Å². The first-order chi connectivity index (χ1) is 12.2. The second-order valence-electron chi connectivity index (χ2n) is 5.75. The fourth-order valence-electron chi connectivity index (χ4n) is 2.85. The van der Waals surface area contributed by atoms with Gasteiger partial charge in [0.25, 0.3) is 0 Å². The lowest BCUT2D eigenvalue weighted by molar-refractivity contribution is 0.271. The lowest BCUT2D eigenvalue weighted by Gasteiger charge is -2.35. The Morgan fingerprint density at radius 3 is 2.36 bits per heavy atom. The van der Waals surface area contributed by atoms with Gasteiger partial charge in [-0.05, 0) is 51.8 Å². The summed E-state index contributed by atoms with van der Waals surface area (Å²) >= 11 is 3.50. The fraction of sp³-hybridized carbons (Fsp3) is 0.316. The summed E-state index contributed by atoms with van der Waals surface area (Å²) in [5, 5.41) is 6.71. The quantitative estimate of drug-likeness (QED) is 0.714. The third-order valence-corrected chi connectivity index (χ3v) is 4.85. The molecule has 2 aromatic carbocycles. The zero-order valence-corrected chi connectivity index (χ0v) is 16.1. The van der Waals surface area contributed by atoms with Gasteiger partial charge in [-0.15, -0.1) is 0 Å². The molecule has 0 unspecified atom stereocenters. The Labute approximate surface area is 157 Å². The second-order valence-corrected chi connectivity index (χ2v) is 6.61. The van der Waals surface area contributed by atoms with Crippen molar-refractivity contribution in [2.75, 3.05) is 45.3 Å². The maximum atomic E-state index is 5.46. The van der Waals surface area contributed by atoms with Crippen molar-refractivity contribution in [1.82, 2.24) is 5.01 Å². The van der Waals surface area contributed by atoms with Crippen LogP contribution in [0.4, 0.5) is 5.69 Å². The second kappa shape index (κ2) is 8.25. The molecule has 0 spiro atoms. The summed E-state index contributed by atoms with van der Waals surface area (Å²) < 4.78 is 11.6. The van der Waals surface area contributed by atoms with Gasteiger partial charge in [0.1, 0.15) is 11.5 Å². The van der Waals surface area contributed by atoms with Gasteiger partial charge in [0.15, 0.2) is 0 Å². The Morgan fingerprint density at radius 2 is 1.68 bits per heavy atom. The standard InChI is InChI=1S/C19H22BrN3O2/c1-24-18-8-7-15(13-16(18)20)14-21-23-11-9-22(10-12-23)17-5-3-4-6-19(17)25-2/h3-8,13-14H,9-12H2,1-2H3/b21-14+. The van der Waals surface area contributed by atoms with E-state index in [4.69, 9.17) is 9.47 Å². The van der Waals surface area contributed by atoms with Crippen molar-refractivity contribution in [3.8, 4) is 11.5 Å². The highest BCUT2D eigenvalue weighted by molar-refractivity contribution is 9.10. The number of rotatable bonds is 5. The summed E-state index contributed by atoms with van der Waals surface area (Å²) in [4.78, 5) is 2.34. The van der Waals surface area contributed by atoms with Crippen molar-refractivity contribution in [2.24, 2.45) is 5.10 Å². The molecule has 1 heterocycles. The van der Waals surface area contributed by atoms with Crippen LogP contribution in [0.5, 0.6) is 11.5 Å². The molecule has 1 aliphatic rings. The van der Waals surface area contributed by atoms with Gasteiger partial charge in [-0.1, -0.05) is 12.1 Å². The number of hydrogen-bond donors (Lipinski definition) is 0. The average Bonchev–Trinajstić information content (AvgIpc) is 2.67. The molecule has 0 amide bonds. The van der Waals surface area contributed by atoms with E-state index < -0.39 is 0 Å². The molecule has 2 aromatic rings. The Kier molecular flexibility index (Phi) is 5.81. The van der Waals surface area contributed by atoms with Gasteiger partial charge in [0.2, 0.25) is 0 Å². The molecule has 1 aliphatic heterocycles. The van der Waals surface area contributed by atoms with Gasteiger partial charge in [-0.25, -0.2) is 0 Å². The van der Waals surface area contributed by atoms with Crippen molar-refractivity contribution in [3.63, 3.8) is 0 Å². The van der Waals surface area contributed by atoms with Crippen LogP contribution in [-0.4, -0.2) is 51.6 Å². The molecule has 0 aliphatic carbocycles. The Bertz CT molecular complexity index is 743. The molecular formula is C19H22BrN3O2. The van der Waals surface area contributed by atoms with Gasteiger partial charge in [0.05, 0.1) is 43.7 Å². The molecular weight excluding hydrogens is 382 g/mol. The number of para-hydroxylation sites is 2. The van der Waals surface area contributed by atoms with Gasteiger partial charge < -0.3 is 14.4 Å². The minimum Gasteiger partial charge on any atom is -0.496 e. The number of hydrazone groups is 1. The lowest BCUT2D eigenvalue weighted by atomic mass is 10.2. The monoisotopic (exact) mass is 403 g/mol. The summed E-state index contributed by atoms with van der Waals surface area (Å²) in [7, 11) is 3.38. The maximum absolute atomic E-state index is 5.46. The van der Waals surface area contributed by atoms with E-state index in [2.05, 4.69) is 37.0 Å². The summed E-state index contributed by atoms with van der Waals surface area (Å²) in [6.07, 6.45) is 1.89. The number of hydrogen-bond acceptors (Lipinski definition) is 5. The topological polar surface area (TPSA) is 37.3 Å². The highest BCUT2D eigenvalue weighted by Gasteiger charge is 2.18. The van der Waals surface area contributed by atoms with Crippen LogP contribution in [0.25, 0.3) is 0 Å². The fourth-order valence-corrected chi connectivity index (χ4v) is 3.41. The van der Waals surface area contributed by atoms with Crippen LogP contribution in [0, 0.1) is 0 Å². The van der Waals surface area contributed by atoms with Gasteiger partial charge in [-0.2, -0.15) is 5.10 Å². The van der Waals surface area contributed by atoms with Crippen LogP contribution in [0.1, 0.15) is 5.56 Å².